The summed E-state index contributed by atoms with van der Waals surface area (Å²) in [5, 5.41) is 0. The van der Waals surface area contributed by atoms with E-state index in [1.54, 1.807) is 0 Å². The zero-order valence-electron chi connectivity index (χ0n) is 10.7. The maximum Gasteiger partial charge on any atom is 0.254 e. The van der Waals surface area contributed by atoms with Crippen LogP contribution in [-0.4, -0.2) is 23.9 Å². The molecule has 1 rings (SSSR count). The van der Waals surface area contributed by atoms with Gasteiger partial charge in [-0.3, -0.25) is 4.79 Å². The Balaban J connectivity index is 2.87. The molecule has 0 spiro atoms. The van der Waals surface area contributed by atoms with E-state index in [0.29, 0.717) is 5.92 Å². The highest BCUT2D eigenvalue weighted by molar-refractivity contribution is 5.95. The van der Waals surface area contributed by atoms with Gasteiger partial charge in [0.05, 0.1) is 0 Å². The molecule has 88 valence electrons. The number of benzene rings is 1. The summed E-state index contributed by atoms with van der Waals surface area (Å²) in [7, 11) is 0. The molecular weight excluding hydrogens is 198 g/mol. The molecule has 2 nitrogen and oxygen atoms in total. The number of nitrogens with zero attached hydrogens (tertiary/aromatic N) is 1. The Bertz CT molecular complexity index is 358. The van der Waals surface area contributed by atoms with Gasteiger partial charge in [0, 0.05) is 18.7 Å². The number of aryl methyl sites for hydroxylation is 1. The fourth-order valence-corrected chi connectivity index (χ4v) is 1.78. The largest absolute Gasteiger partial charge is 0.339 e. The number of hydrogen-bond donors (Lipinski definition) is 0. The van der Waals surface area contributed by atoms with E-state index < -0.39 is 0 Å². The molecule has 0 unspecified atom stereocenters. The van der Waals surface area contributed by atoms with Crippen molar-refractivity contribution in [2.75, 3.05) is 13.1 Å². The Morgan fingerprint density at radius 2 is 1.94 bits per heavy atom. The zero-order valence-corrected chi connectivity index (χ0v) is 10.7. The van der Waals surface area contributed by atoms with E-state index in [1.165, 1.54) is 0 Å². The Labute approximate surface area is 98.3 Å². The fourth-order valence-electron chi connectivity index (χ4n) is 1.78. The van der Waals surface area contributed by atoms with Gasteiger partial charge in [0.15, 0.2) is 0 Å². The van der Waals surface area contributed by atoms with Crippen LogP contribution in [0.3, 0.4) is 0 Å². The Morgan fingerprint density at radius 1 is 1.31 bits per heavy atom. The second-order valence-electron chi connectivity index (χ2n) is 4.55. The Kier molecular flexibility index (Phi) is 4.53. The first-order valence-corrected chi connectivity index (χ1v) is 5.91. The van der Waals surface area contributed by atoms with Crippen LogP contribution in [0, 0.1) is 12.8 Å². The van der Waals surface area contributed by atoms with Crippen LogP contribution in [0.1, 0.15) is 36.7 Å². The van der Waals surface area contributed by atoms with Crippen molar-refractivity contribution in [1.82, 2.24) is 4.90 Å². The van der Waals surface area contributed by atoms with Crippen molar-refractivity contribution >= 4 is 5.91 Å². The normalized spacial score (nSPS) is 10.6. The summed E-state index contributed by atoms with van der Waals surface area (Å²) < 4.78 is 0. The van der Waals surface area contributed by atoms with Gasteiger partial charge in [-0.15, -0.1) is 0 Å². The van der Waals surface area contributed by atoms with Crippen molar-refractivity contribution in [3.05, 3.63) is 35.4 Å². The van der Waals surface area contributed by atoms with Crippen LogP contribution >= 0.6 is 0 Å². The maximum absolute atomic E-state index is 12.3. The van der Waals surface area contributed by atoms with Crippen molar-refractivity contribution in [1.29, 1.82) is 0 Å². The molecule has 2 heteroatoms. The SMILES string of the molecule is CCN(CC(C)C)C(=O)c1ccccc1C. The molecule has 0 saturated heterocycles. The second kappa shape index (κ2) is 5.69. The van der Waals surface area contributed by atoms with E-state index in [2.05, 4.69) is 13.8 Å². The Morgan fingerprint density at radius 3 is 2.44 bits per heavy atom. The van der Waals surface area contributed by atoms with E-state index in [9.17, 15) is 4.79 Å². The van der Waals surface area contributed by atoms with Gasteiger partial charge in [0.2, 0.25) is 0 Å². The minimum absolute atomic E-state index is 0.148. The lowest BCUT2D eigenvalue weighted by atomic mass is 10.1. The summed E-state index contributed by atoms with van der Waals surface area (Å²) in [6, 6.07) is 7.77. The smallest absolute Gasteiger partial charge is 0.254 e. The zero-order chi connectivity index (χ0) is 12.1. The predicted molar refractivity (Wildman–Crippen MR) is 67.6 cm³/mol. The predicted octanol–water partition coefficient (Wildman–Crippen LogP) is 3.11. The minimum atomic E-state index is 0.148. The molecule has 0 atom stereocenters. The molecule has 1 amide bonds. The van der Waals surface area contributed by atoms with E-state index in [4.69, 9.17) is 0 Å². The van der Waals surface area contributed by atoms with E-state index in [1.807, 2.05) is 43.0 Å². The third-order valence-corrected chi connectivity index (χ3v) is 2.63. The van der Waals surface area contributed by atoms with Gasteiger partial charge in [0.1, 0.15) is 0 Å². The van der Waals surface area contributed by atoms with Crippen molar-refractivity contribution in [2.45, 2.75) is 27.7 Å². The second-order valence-corrected chi connectivity index (χ2v) is 4.55. The summed E-state index contributed by atoms with van der Waals surface area (Å²) in [4.78, 5) is 14.2. The molecule has 0 fully saturated rings. The first-order chi connectivity index (χ1) is 7.56. The van der Waals surface area contributed by atoms with E-state index >= 15 is 0 Å². The molecule has 1 aromatic carbocycles. The van der Waals surface area contributed by atoms with Crippen LogP contribution < -0.4 is 0 Å². The van der Waals surface area contributed by atoms with E-state index in [-0.39, 0.29) is 5.91 Å². The standard InChI is InChI=1S/C14H21NO/c1-5-15(10-11(2)3)14(16)13-9-7-6-8-12(13)4/h6-9,11H,5,10H2,1-4H3. The molecule has 0 saturated carbocycles. The van der Waals surface area contributed by atoms with Gasteiger partial charge in [-0.05, 0) is 31.4 Å². The van der Waals surface area contributed by atoms with Gasteiger partial charge in [-0.25, -0.2) is 0 Å². The van der Waals surface area contributed by atoms with Gasteiger partial charge in [-0.2, -0.15) is 0 Å². The molecule has 0 aromatic heterocycles. The van der Waals surface area contributed by atoms with Gasteiger partial charge < -0.3 is 4.90 Å². The number of carbonyl (C=O) groups is 1. The highest BCUT2D eigenvalue weighted by Crippen LogP contribution is 2.11. The van der Waals surface area contributed by atoms with Gasteiger partial charge in [0.25, 0.3) is 5.91 Å². The molecule has 0 radical (unpaired) electrons. The number of rotatable bonds is 4. The molecule has 1 aromatic rings. The van der Waals surface area contributed by atoms with E-state index in [0.717, 1.165) is 24.2 Å². The first kappa shape index (κ1) is 12.8. The lowest BCUT2D eigenvalue weighted by Crippen LogP contribution is -2.34. The maximum atomic E-state index is 12.3. The lowest BCUT2D eigenvalue weighted by Gasteiger charge is -2.23. The van der Waals surface area contributed by atoms with Gasteiger partial charge >= 0.3 is 0 Å². The monoisotopic (exact) mass is 219 g/mol. The average molecular weight is 219 g/mol. The summed E-state index contributed by atoms with van der Waals surface area (Å²) in [6.07, 6.45) is 0. The minimum Gasteiger partial charge on any atom is -0.339 e. The number of amides is 1. The first-order valence-electron chi connectivity index (χ1n) is 5.91. The summed E-state index contributed by atoms with van der Waals surface area (Å²) in [5.74, 6) is 0.655. The van der Waals surface area contributed by atoms with Crippen LogP contribution in [-0.2, 0) is 0 Å². The van der Waals surface area contributed by atoms with Crippen LogP contribution in [0.15, 0.2) is 24.3 Å². The highest BCUT2D eigenvalue weighted by Gasteiger charge is 2.16. The molecule has 0 bridgehead atoms. The van der Waals surface area contributed by atoms with Crippen molar-refractivity contribution < 1.29 is 4.79 Å². The summed E-state index contributed by atoms with van der Waals surface area (Å²) >= 11 is 0. The third kappa shape index (κ3) is 3.09. The highest BCUT2D eigenvalue weighted by atomic mass is 16.2. The van der Waals surface area contributed by atoms with Crippen LogP contribution in [0.2, 0.25) is 0 Å². The molecule has 16 heavy (non-hydrogen) atoms. The number of carbonyl (C=O) groups excluding carboxylic acids is 1. The number of hydrogen-bond acceptors (Lipinski definition) is 1. The summed E-state index contributed by atoms with van der Waals surface area (Å²) in [6.45, 7) is 9.87. The molecule has 0 N–H and O–H groups in total. The lowest BCUT2D eigenvalue weighted by molar-refractivity contribution is 0.0745. The molecule has 0 heterocycles. The molecule has 0 aliphatic carbocycles. The topological polar surface area (TPSA) is 20.3 Å². The van der Waals surface area contributed by atoms with Gasteiger partial charge in [-0.1, -0.05) is 32.0 Å². The van der Waals surface area contributed by atoms with Crippen molar-refractivity contribution in [2.24, 2.45) is 5.92 Å². The van der Waals surface area contributed by atoms with Crippen molar-refractivity contribution in [3.8, 4) is 0 Å². The molecule has 0 aliphatic rings. The van der Waals surface area contributed by atoms with Crippen LogP contribution in [0.25, 0.3) is 0 Å². The third-order valence-electron chi connectivity index (χ3n) is 2.63. The average Bonchev–Trinajstić information content (AvgIpc) is 2.25. The van der Waals surface area contributed by atoms with Crippen LogP contribution in [0.5, 0.6) is 0 Å². The fraction of sp³-hybridized carbons (Fsp3) is 0.500. The molecular formula is C14H21NO. The van der Waals surface area contributed by atoms with Crippen LogP contribution in [0.4, 0.5) is 0 Å². The van der Waals surface area contributed by atoms with Crippen molar-refractivity contribution in [3.63, 3.8) is 0 Å². The molecule has 0 aliphatic heterocycles. The quantitative estimate of drug-likeness (QED) is 0.762. The summed E-state index contributed by atoms with van der Waals surface area (Å²) in [5.41, 5.74) is 1.87. The Hall–Kier alpha value is -1.31.